The van der Waals surface area contributed by atoms with Gasteiger partial charge in [-0.3, -0.25) is 43.4 Å². The number of benzene rings is 2. The average molecular weight is 1170 g/mol. The molecule has 5 heterocycles. The number of amides is 5. The summed E-state index contributed by atoms with van der Waals surface area (Å²) in [6.07, 6.45) is -3.38. The molecule has 0 spiro atoms. The van der Waals surface area contributed by atoms with Crippen molar-refractivity contribution >= 4 is 90.1 Å². The van der Waals surface area contributed by atoms with Crippen LogP contribution in [-0.2, 0) is 71.5 Å². The predicted molar refractivity (Wildman–Crippen MR) is 287 cm³/mol. The number of anilines is 2. The van der Waals surface area contributed by atoms with Gasteiger partial charge in [-0.15, -0.1) is 0 Å². The highest BCUT2D eigenvalue weighted by Crippen LogP contribution is 2.58. The van der Waals surface area contributed by atoms with Crippen LogP contribution in [0.2, 0.25) is 0 Å². The van der Waals surface area contributed by atoms with Crippen LogP contribution in [0.15, 0.2) is 78.2 Å². The fourth-order valence-corrected chi connectivity index (χ4v) is 11.8. The van der Waals surface area contributed by atoms with E-state index in [9.17, 15) is 43.3 Å². The van der Waals surface area contributed by atoms with E-state index in [0.29, 0.717) is 29.1 Å². The second-order valence-electron chi connectivity index (χ2n) is 19.0. The summed E-state index contributed by atoms with van der Waals surface area (Å²) in [4.78, 5) is 110. The quantitative estimate of drug-likeness (QED) is 0.0506. The zero-order valence-corrected chi connectivity index (χ0v) is 46.3. The number of carbonyl (C=O) groups excluding carboxylic acids is 5. The second-order valence-corrected chi connectivity index (χ2v) is 24.7. The topological polar surface area (TPSA) is 374 Å². The maximum atomic E-state index is 13.9. The first-order valence-electron chi connectivity index (χ1n) is 24.6. The van der Waals surface area contributed by atoms with Crippen LogP contribution in [0.5, 0.6) is 5.88 Å². The molecule has 8 rings (SSSR count). The lowest BCUT2D eigenvalue weighted by atomic mass is 10.0. The number of nitrogens with zero attached hydrogens (tertiary/aromatic N) is 6. The summed E-state index contributed by atoms with van der Waals surface area (Å²) in [5, 5.41) is 22.0. The van der Waals surface area contributed by atoms with Gasteiger partial charge >= 0.3 is 19.6 Å². The molecule has 1 aliphatic carbocycles. The first kappa shape index (κ1) is 58.9. The molecule has 2 unspecified atom stereocenters. The zero-order chi connectivity index (χ0) is 56.8. The third kappa shape index (κ3) is 15.0. The highest BCUT2D eigenvalue weighted by atomic mass is 32.7. The van der Waals surface area contributed by atoms with Crippen molar-refractivity contribution in [1.82, 2.24) is 45.0 Å². The fraction of sp³-hybridized carbons (Fsp3) is 0.447. The summed E-state index contributed by atoms with van der Waals surface area (Å²) < 4.78 is 56.1. The molecule has 3 fully saturated rings. The third-order valence-electron chi connectivity index (χ3n) is 12.8. The van der Waals surface area contributed by atoms with Gasteiger partial charge in [0.2, 0.25) is 29.5 Å². The number of fused-ring (bicyclic) bond motifs is 4. The van der Waals surface area contributed by atoms with Crippen LogP contribution in [0.3, 0.4) is 0 Å². The molecule has 9 N–H and O–H groups in total. The molecule has 28 nitrogen and oxygen atoms in total. The van der Waals surface area contributed by atoms with Crippen molar-refractivity contribution in [3.05, 3.63) is 100 Å². The number of thiol groups is 1. The molecule has 32 heteroatoms. The number of aliphatic hydroxyl groups is 1. The van der Waals surface area contributed by atoms with Crippen molar-refractivity contribution < 1.29 is 70.8 Å². The number of imidazole rings is 1. The van der Waals surface area contributed by atoms with E-state index in [0.717, 1.165) is 6.33 Å². The Hall–Kier alpha value is -6.27. The highest BCUT2D eigenvalue weighted by molar-refractivity contribution is 8.44. The molecule has 1 saturated carbocycles. The smallest absolute Gasteiger partial charge is 0.410 e. The van der Waals surface area contributed by atoms with Crippen LogP contribution in [-0.4, -0.2) is 144 Å². The Bertz CT molecular complexity index is 3200. The Morgan fingerprint density at radius 3 is 2.47 bits per heavy atom. The van der Waals surface area contributed by atoms with Crippen molar-refractivity contribution in [3.63, 3.8) is 0 Å². The minimum Gasteiger partial charge on any atom is -0.474 e. The van der Waals surface area contributed by atoms with Gasteiger partial charge in [-0.1, -0.05) is 56.4 Å². The Kier molecular flexibility index (Phi) is 19.0. The first-order valence-corrected chi connectivity index (χ1v) is 29.9. The van der Waals surface area contributed by atoms with Crippen molar-refractivity contribution in [2.45, 2.75) is 95.6 Å². The molecule has 2 saturated heterocycles. The van der Waals surface area contributed by atoms with E-state index in [2.05, 4.69) is 58.4 Å². The summed E-state index contributed by atoms with van der Waals surface area (Å²) in [6.45, 7) is -4.75. The maximum absolute atomic E-state index is 13.9. The van der Waals surface area contributed by atoms with Crippen LogP contribution in [0, 0.1) is 11.8 Å². The number of ether oxygens (including phenoxy) is 3. The Balaban J connectivity index is 0.891. The van der Waals surface area contributed by atoms with Gasteiger partial charge in [-0.2, -0.15) is 4.98 Å². The molecule has 5 amide bonds. The number of H-pyrrole nitrogens is 1. The molecule has 79 heavy (non-hydrogen) atoms. The zero-order valence-electron chi connectivity index (χ0n) is 42.8. The van der Waals surface area contributed by atoms with Crippen molar-refractivity contribution in [1.29, 1.82) is 0 Å². The number of aromatic amines is 1. The molecule has 2 bridgehead atoms. The molecule has 0 radical (unpaired) electrons. The first-order chi connectivity index (χ1) is 37.6. The van der Waals surface area contributed by atoms with Crippen LogP contribution in [0.4, 0.5) is 16.4 Å². The van der Waals surface area contributed by atoms with E-state index >= 15 is 0 Å². The number of hydrogen-bond acceptors (Lipinski definition) is 21. The van der Waals surface area contributed by atoms with Crippen molar-refractivity contribution in [2.24, 2.45) is 17.6 Å². The van der Waals surface area contributed by atoms with Gasteiger partial charge in [0.15, 0.2) is 17.4 Å². The monoisotopic (exact) mass is 1170 g/mol. The molecule has 3 aliphatic rings. The lowest BCUT2D eigenvalue weighted by Gasteiger charge is -2.27. The number of nitrogens with one attached hydrogen (secondary N) is 5. The van der Waals surface area contributed by atoms with Gasteiger partial charge in [0.25, 0.3) is 11.5 Å². The van der Waals surface area contributed by atoms with Crippen LogP contribution < -0.4 is 37.3 Å². The molecular weight excluding hydrogens is 1110 g/mol. The minimum absolute atomic E-state index is 0.0985. The standard InChI is InChI=1S/C47H58N12O16P2S2/c1-24(2)36(54-34(60)17-48)43(64)52-25(3)41(62)53-29-11-9-26(10-12-29)19-69-47(66)58(4)18-27-7-5-6-8-31(27)42(63)56-46-55-40-37(44(65)57-46)51-23-59(40)45-39-38(61)33(73-45)21-71-76(67,78)74-32-16-30(72-35-13-14-49-22-50-35)15-28(32)20-70-77(68,79)75-39/h5-14,22-25,28,30,32-33,36,38-39,45,61H,15-21,48H2,1-4H3,(H,52,64)(H,53,62)(H,54,60)(H,67,78)(H,68,79)(H2,55,56,57,63,65)/t25-,28+,30+,32-,33+,36-,38+,39+,45+,76?,77?/m0/s1. The largest absolute Gasteiger partial charge is 0.474 e. The minimum atomic E-state index is -4.36. The van der Waals surface area contributed by atoms with Gasteiger partial charge in [0.1, 0.15) is 49.4 Å². The van der Waals surface area contributed by atoms with Crippen molar-refractivity contribution in [2.75, 3.05) is 37.4 Å². The molecule has 2 aromatic carbocycles. The van der Waals surface area contributed by atoms with E-state index in [-0.39, 0.29) is 61.3 Å². The summed E-state index contributed by atoms with van der Waals surface area (Å²) >= 11 is 9.59. The predicted octanol–water partition coefficient (Wildman–Crippen LogP) is 2.66. The summed E-state index contributed by atoms with van der Waals surface area (Å²) in [5.74, 6) is -3.15. The van der Waals surface area contributed by atoms with Gasteiger partial charge in [-0.25, -0.2) is 24.3 Å². The number of hydrogen-bond donors (Lipinski definition) is 9. The van der Waals surface area contributed by atoms with E-state index in [4.69, 9.17) is 49.8 Å². The highest BCUT2D eigenvalue weighted by Gasteiger charge is 2.51. The van der Waals surface area contributed by atoms with E-state index in [1.807, 2.05) is 0 Å². The van der Waals surface area contributed by atoms with E-state index < -0.39 is 110 Å². The molecular formula is C47H58N12O16P2S2. The summed E-state index contributed by atoms with van der Waals surface area (Å²) in [7, 11) is 1.47. The fourth-order valence-electron chi connectivity index (χ4n) is 8.77. The normalized spacial score (nSPS) is 25.8. The van der Waals surface area contributed by atoms with Gasteiger partial charge in [-0.05, 0) is 60.4 Å². The Morgan fingerprint density at radius 1 is 0.987 bits per heavy atom. The lowest BCUT2D eigenvalue weighted by Crippen LogP contribution is -2.54. The average Bonchev–Trinajstić information content (AvgIpc) is 4.20. The van der Waals surface area contributed by atoms with Gasteiger partial charge in [0.05, 0.1) is 32.2 Å². The molecule has 11 atom stereocenters. The Morgan fingerprint density at radius 2 is 1.75 bits per heavy atom. The van der Waals surface area contributed by atoms with Gasteiger partial charge < -0.3 is 64.4 Å². The summed E-state index contributed by atoms with van der Waals surface area (Å²) in [6, 6.07) is 12.5. The SMILES string of the molecule is CC(C)[C@H](NC(=O)CN)C(=O)N[C@@H](C)C(=O)Nc1ccc(COC(=O)N(C)Cc2ccccc2C(=O)Nc2nc3c(ncn3[C@@H]3O[C@@H]4COP(O)(=S)O[C@H]5C[C@H](Oc6ccncn6)C[C@@H]5COP(=O)(S)O[C@@H]3[C@@H]4O)c(=O)[nH]2)cc1. The van der Waals surface area contributed by atoms with Gasteiger partial charge in [0, 0.05) is 49.4 Å². The number of aromatic nitrogens is 6. The molecule has 2 aliphatic heterocycles. The lowest BCUT2D eigenvalue weighted by molar-refractivity contribution is -0.131. The van der Waals surface area contributed by atoms with Crippen LogP contribution in [0.1, 0.15) is 61.3 Å². The number of carbonyl (C=O) groups is 5. The molecule has 3 aromatic heterocycles. The van der Waals surface area contributed by atoms with E-state index in [1.54, 1.807) is 62.4 Å². The maximum Gasteiger partial charge on any atom is 0.410 e. The van der Waals surface area contributed by atoms with Crippen molar-refractivity contribution in [3.8, 4) is 5.88 Å². The van der Waals surface area contributed by atoms with Crippen LogP contribution >= 0.6 is 25.8 Å². The second kappa shape index (κ2) is 25.5. The number of aliphatic hydroxyl groups excluding tert-OH is 1. The number of nitrogens with two attached hydrogens (primary N) is 1. The van der Waals surface area contributed by atoms with Crippen LogP contribution in [0.25, 0.3) is 11.2 Å². The molecule has 5 aromatic rings. The third-order valence-corrected chi connectivity index (χ3v) is 16.0. The van der Waals surface area contributed by atoms with E-state index in [1.165, 1.54) is 42.0 Å². The molecule has 424 valence electrons. The number of rotatable bonds is 16. The summed E-state index contributed by atoms with van der Waals surface area (Å²) in [5.41, 5.74) is 5.66. The Labute approximate surface area is 461 Å².